The molecule has 0 fully saturated rings. The van der Waals surface area contributed by atoms with Crippen LogP contribution in [0.25, 0.3) is 0 Å². The van der Waals surface area contributed by atoms with E-state index in [4.69, 9.17) is 5.84 Å². The molecule has 1 heterocycles. The van der Waals surface area contributed by atoms with Crippen LogP contribution >= 0.6 is 0 Å². The summed E-state index contributed by atoms with van der Waals surface area (Å²) in [5.41, 5.74) is 3.21. The summed E-state index contributed by atoms with van der Waals surface area (Å²) in [4.78, 5) is 21.3. The van der Waals surface area contributed by atoms with Crippen LogP contribution in [0.3, 0.4) is 0 Å². The number of hydrazine groups is 1. The van der Waals surface area contributed by atoms with Crippen LogP contribution in [-0.4, -0.2) is 40.9 Å². The third kappa shape index (κ3) is 3.28. The second kappa shape index (κ2) is 5.44. The van der Waals surface area contributed by atoms with Crippen molar-refractivity contribution in [3.05, 3.63) is 11.8 Å². The lowest BCUT2D eigenvalue weighted by Gasteiger charge is -2.19. The first-order valence-electron chi connectivity index (χ1n) is 5.23. The Morgan fingerprint density at radius 3 is 2.71 bits per heavy atom. The summed E-state index contributed by atoms with van der Waals surface area (Å²) in [6.45, 7) is 3.63. The minimum absolute atomic E-state index is 0.0229. The van der Waals surface area contributed by atoms with Gasteiger partial charge >= 0.3 is 0 Å². The van der Waals surface area contributed by atoms with Gasteiger partial charge in [0.05, 0.1) is 0 Å². The highest BCUT2D eigenvalue weighted by atomic mass is 16.2. The predicted octanol–water partition coefficient (Wildman–Crippen LogP) is -0.0408. The van der Waals surface area contributed by atoms with E-state index in [1.807, 2.05) is 6.92 Å². The molecule has 0 radical (unpaired) electrons. The van der Waals surface area contributed by atoms with E-state index in [2.05, 4.69) is 20.7 Å². The fraction of sp³-hybridized carbons (Fsp3) is 0.500. The molecule has 1 aromatic heterocycles. The molecule has 0 spiro atoms. The Morgan fingerprint density at radius 1 is 1.53 bits per heavy atom. The number of hydrogen-bond acceptors (Lipinski definition) is 6. The molecule has 0 aliphatic rings. The van der Waals surface area contributed by atoms with E-state index in [0.29, 0.717) is 11.8 Å². The Kier molecular flexibility index (Phi) is 4.22. The number of amides is 1. The zero-order valence-electron chi connectivity index (χ0n) is 10.5. The molecule has 1 amide bonds. The summed E-state index contributed by atoms with van der Waals surface area (Å²) in [5, 5.41) is 3.03. The maximum Gasteiger partial charge on any atom is 0.244 e. The van der Waals surface area contributed by atoms with Crippen LogP contribution in [0.1, 0.15) is 12.5 Å². The van der Waals surface area contributed by atoms with Gasteiger partial charge in [-0.3, -0.25) is 10.2 Å². The number of likely N-dealkylation sites (N-methyl/N-ethyl adjacent to an activating group) is 1. The van der Waals surface area contributed by atoms with Crippen molar-refractivity contribution >= 4 is 17.7 Å². The third-order valence-electron chi connectivity index (χ3n) is 2.27. The number of carbonyl (C=O) groups excluding carboxylic acids is 1. The van der Waals surface area contributed by atoms with Gasteiger partial charge in [0.25, 0.3) is 0 Å². The Bertz CT molecular complexity index is 406. The zero-order valence-corrected chi connectivity index (χ0v) is 10.5. The average molecular weight is 238 g/mol. The Morgan fingerprint density at radius 2 is 2.18 bits per heavy atom. The topological polar surface area (TPSA) is 96.2 Å². The number of nitrogens with one attached hydrogen (secondary N) is 2. The Labute approximate surface area is 100 Å². The second-order valence-corrected chi connectivity index (χ2v) is 3.97. The average Bonchev–Trinajstić information content (AvgIpc) is 2.30. The van der Waals surface area contributed by atoms with Gasteiger partial charge in [0.2, 0.25) is 11.9 Å². The number of hydrogen-bond donors (Lipinski definition) is 3. The van der Waals surface area contributed by atoms with Crippen LogP contribution in [0.4, 0.5) is 11.8 Å². The van der Waals surface area contributed by atoms with Gasteiger partial charge in [-0.05, 0) is 13.8 Å². The summed E-state index contributed by atoms with van der Waals surface area (Å²) in [5.74, 6) is 6.11. The number of carbonyl (C=O) groups is 1. The van der Waals surface area contributed by atoms with E-state index < -0.39 is 0 Å². The molecule has 94 valence electrons. The molecule has 1 atom stereocenters. The number of rotatable bonds is 4. The van der Waals surface area contributed by atoms with Crippen LogP contribution in [0, 0.1) is 6.92 Å². The van der Waals surface area contributed by atoms with Crippen molar-refractivity contribution in [3.8, 4) is 0 Å². The van der Waals surface area contributed by atoms with Gasteiger partial charge in [0, 0.05) is 25.9 Å². The number of anilines is 2. The molecular weight excluding hydrogens is 220 g/mol. The lowest BCUT2D eigenvalue weighted by molar-refractivity contribution is -0.129. The van der Waals surface area contributed by atoms with Gasteiger partial charge in [-0.15, -0.1) is 0 Å². The summed E-state index contributed by atoms with van der Waals surface area (Å²) >= 11 is 0. The first-order valence-corrected chi connectivity index (χ1v) is 5.23. The summed E-state index contributed by atoms with van der Waals surface area (Å²) in [6, 6.07) is -0.357. The van der Waals surface area contributed by atoms with Crippen molar-refractivity contribution in [1.29, 1.82) is 0 Å². The molecule has 17 heavy (non-hydrogen) atoms. The molecule has 1 unspecified atom stereocenters. The fourth-order valence-corrected chi connectivity index (χ4v) is 1.31. The highest BCUT2D eigenvalue weighted by molar-refractivity contribution is 5.83. The monoisotopic (exact) mass is 238 g/mol. The molecule has 1 rings (SSSR count). The molecule has 0 saturated carbocycles. The predicted molar refractivity (Wildman–Crippen MR) is 66.4 cm³/mol. The second-order valence-electron chi connectivity index (χ2n) is 3.97. The number of nitrogens with two attached hydrogens (primary N) is 1. The number of aromatic nitrogens is 2. The van der Waals surface area contributed by atoms with Gasteiger partial charge < -0.3 is 10.2 Å². The minimum Gasteiger partial charge on any atom is -0.358 e. The molecule has 0 saturated heterocycles. The van der Waals surface area contributed by atoms with Crippen molar-refractivity contribution in [3.63, 3.8) is 0 Å². The van der Waals surface area contributed by atoms with Crippen LogP contribution in [0.5, 0.6) is 0 Å². The smallest absolute Gasteiger partial charge is 0.244 e. The van der Waals surface area contributed by atoms with Crippen LogP contribution in [0.15, 0.2) is 6.20 Å². The molecule has 4 N–H and O–H groups in total. The third-order valence-corrected chi connectivity index (χ3v) is 2.27. The van der Waals surface area contributed by atoms with E-state index in [9.17, 15) is 4.79 Å². The first-order chi connectivity index (χ1) is 7.95. The normalized spacial score (nSPS) is 11.8. The van der Waals surface area contributed by atoms with E-state index in [1.54, 1.807) is 27.2 Å². The summed E-state index contributed by atoms with van der Waals surface area (Å²) in [6.07, 6.45) is 1.64. The molecule has 0 bridgehead atoms. The van der Waals surface area contributed by atoms with Crippen molar-refractivity contribution in [2.24, 2.45) is 5.84 Å². The number of aryl methyl sites for hydroxylation is 1. The lowest BCUT2D eigenvalue weighted by Crippen LogP contribution is -2.37. The number of nitrogens with zero attached hydrogens (tertiary/aromatic N) is 3. The van der Waals surface area contributed by atoms with E-state index in [1.165, 1.54) is 4.90 Å². The van der Waals surface area contributed by atoms with Gasteiger partial charge in [0.15, 0.2) is 0 Å². The highest BCUT2D eigenvalue weighted by Gasteiger charge is 2.16. The molecule has 0 aliphatic carbocycles. The maximum absolute atomic E-state index is 11.7. The van der Waals surface area contributed by atoms with E-state index in [-0.39, 0.29) is 11.9 Å². The zero-order chi connectivity index (χ0) is 13.0. The van der Waals surface area contributed by atoms with Gasteiger partial charge in [-0.2, -0.15) is 4.98 Å². The number of nitrogen functional groups attached to an aromatic ring is 1. The first kappa shape index (κ1) is 13.2. The molecular formula is C10H18N6O. The molecule has 7 nitrogen and oxygen atoms in total. The highest BCUT2D eigenvalue weighted by Crippen LogP contribution is 2.13. The quantitative estimate of drug-likeness (QED) is 0.503. The van der Waals surface area contributed by atoms with Crippen molar-refractivity contribution in [1.82, 2.24) is 14.9 Å². The van der Waals surface area contributed by atoms with Gasteiger partial charge in [-0.25, -0.2) is 10.8 Å². The Balaban J connectivity index is 2.83. The molecule has 0 aliphatic heterocycles. The molecule has 1 aromatic rings. The van der Waals surface area contributed by atoms with Crippen LogP contribution in [0.2, 0.25) is 0 Å². The van der Waals surface area contributed by atoms with Crippen LogP contribution < -0.4 is 16.6 Å². The Hall–Kier alpha value is -1.89. The van der Waals surface area contributed by atoms with E-state index >= 15 is 0 Å². The molecule has 0 aromatic carbocycles. The standard InChI is InChI=1S/C10H18N6O/c1-6-5-12-10(15-11)14-8(6)13-7(2)9(17)16(3)4/h5,7H,11H2,1-4H3,(H2,12,13,14,15). The molecule has 7 heteroatoms. The van der Waals surface area contributed by atoms with E-state index in [0.717, 1.165) is 5.56 Å². The van der Waals surface area contributed by atoms with Crippen molar-refractivity contribution < 1.29 is 4.79 Å². The van der Waals surface area contributed by atoms with Gasteiger partial charge in [0.1, 0.15) is 11.9 Å². The fourth-order valence-electron chi connectivity index (χ4n) is 1.31. The lowest BCUT2D eigenvalue weighted by atomic mass is 10.2. The van der Waals surface area contributed by atoms with Crippen molar-refractivity contribution in [2.45, 2.75) is 19.9 Å². The SMILES string of the molecule is Cc1cnc(NN)nc1NC(C)C(=O)N(C)C. The minimum atomic E-state index is -0.357. The largest absolute Gasteiger partial charge is 0.358 e. The van der Waals surface area contributed by atoms with Crippen LogP contribution in [-0.2, 0) is 4.79 Å². The van der Waals surface area contributed by atoms with Gasteiger partial charge in [-0.1, -0.05) is 0 Å². The maximum atomic E-state index is 11.7. The summed E-state index contributed by atoms with van der Waals surface area (Å²) in [7, 11) is 3.42. The summed E-state index contributed by atoms with van der Waals surface area (Å²) < 4.78 is 0. The van der Waals surface area contributed by atoms with Crippen molar-refractivity contribution in [2.75, 3.05) is 24.8 Å².